The summed E-state index contributed by atoms with van der Waals surface area (Å²) < 4.78 is 6.27. The maximum Gasteiger partial charge on any atom is 0.406 e. The highest BCUT2D eigenvalue weighted by Gasteiger charge is 2.21. The lowest BCUT2D eigenvalue weighted by atomic mass is 10.2. The number of rotatable bonds is 2. The Morgan fingerprint density at radius 1 is 1.31 bits per heavy atom. The third-order valence-corrected chi connectivity index (χ3v) is 2.36. The number of fused-ring (bicyclic) bond motifs is 1. The molecule has 0 unspecified atom stereocenters. The molecule has 4 nitrogen and oxygen atoms in total. The van der Waals surface area contributed by atoms with Gasteiger partial charge < -0.3 is 4.74 Å². The molecule has 2 N–H and O–H groups in total. The summed E-state index contributed by atoms with van der Waals surface area (Å²) in [6, 6.07) is 11.1. The van der Waals surface area contributed by atoms with Gasteiger partial charge in [-0.2, -0.15) is 0 Å². The van der Waals surface area contributed by atoms with E-state index < -0.39 is 5.97 Å². The Bertz CT molecular complexity index is 538. The molecule has 1 aromatic heterocycles. The summed E-state index contributed by atoms with van der Waals surface area (Å²) >= 11 is 0. The molecule has 0 spiro atoms. The normalized spacial score (nSPS) is 10.3. The van der Waals surface area contributed by atoms with Crippen molar-refractivity contribution in [2.75, 3.05) is 12.4 Å². The number of aromatic nitrogens is 1. The summed E-state index contributed by atoms with van der Waals surface area (Å²) in [4.78, 5) is 11.6. The van der Waals surface area contributed by atoms with Crippen LogP contribution in [0.15, 0.2) is 36.4 Å². The molecule has 2 rings (SSSR count). The van der Waals surface area contributed by atoms with Gasteiger partial charge in [0, 0.05) is 17.5 Å². The molecule has 0 radical (unpaired) electrons. The highest BCUT2D eigenvalue weighted by molar-refractivity contribution is 5.88. The number of benzene rings is 1. The van der Waals surface area contributed by atoms with E-state index in [1.807, 2.05) is 30.3 Å². The van der Waals surface area contributed by atoms with Crippen LogP contribution in [-0.2, 0) is 4.74 Å². The van der Waals surface area contributed by atoms with Crippen molar-refractivity contribution in [3.63, 3.8) is 0 Å². The van der Waals surface area contributed by atoms with Crippen LogP contribution >= 0.6 is 0 Å². The summed E-state index contributed by atoms with van der Waals surface area (Å²) in [6.45, 7) is 2.10. The van der Waals surface area contributed by atoms with E-state index in [0.717, 1.165) is 10.9 Å². The van der Waals surface area contributed by atoms with E-state index in [2.05, 4.69) is 0 Å². The standard InChI is InChI=1S/C12H12N2O2/c1-2-16-12(15)11-8-7-9-5-3-4-6-10(9)14(11)13/h3-8H,2H2,1H3,(H-,13,15)/p+1. The van der Waals surface area contributed by atoms with Crippen molar-refractivity contribution in [1.29, 1.82) is 0 Å². The molecule has 4 heteroatoms. The fraction of sp³-hybridized carbons (Fsp3) is 0.167. The highest BCUT2D eigenvalue weighted by atomic mass is 16.5. The minimum absolute atomic E-state index is 0.339. The second-order valence-electron chi connectivity index (χ2n) is 3.37. The Kier molecular flexibility index (Phi) is 2.72. The Balaban J connectivity index is 2.56. The average molecular weight is 217 g/mol. The van der Waals surface area contributed by atoms with E-state index in [0.29, 0.717) is 12.3 Å². The van der Waals surface area contributed by atoms with E-state index >= 15 is 0 Å². The van der Waals surface area contributed by atoms with E-state index in [4.69, 9.17) is 10.6 Å². The molecule has 0 atom stereocenters. The summed E-state index contributed by atoms with van der Waals surface area (Å²) in [5, 5.41) is 0.984. The number of pyridine rings is 1. The van der Waals surface area contributed by atoms with E-state index in [1.165, 1.54) is 4.68 Å². The Labute approximate surface area is 93.2 Å². The third-order valence-electron chi connectivity index (χ3n) is 2.36. The summed E-state index contributed by atoms with van der Waals surface area (Å²) in [5.74, 6) is 5.46. The van der Waals surface area contributed by atoms with Gasteiger partial charge in [-0.3, -0.25) is 0 Å². The van der Waals surface area contributed by atoms with Gasteiger partial charge >= 0.3 is 11.7 Å². The zero-order chi connectivity index (χ0) is 11.5. The molecular weight excluding hydrogens is 204 g/mol. The van der Waals surface area contributed by atoms with Crippen molar-refractivity contribution in [2.24, 2.45) is 0 Å². The maximum atomic E-state index is 11.6. The van der Waals surface area contributed by atoms with Crippen LogP contribution in [0.25, 0.3) is 10.9 Å². The molecule has 0 bridgehead atoms. The Hall–Kier alpha value is -2.10. The second kappa shape index (κ2) is 4.18. The minimum atomic E-state index is -0.407. The van der Waals surface area contributed by atoms with Crippen LogP contribution in [0.2, 0.25) is 0 Å². The van der Waals surface area contributed by atoms with Gasteiger partial charge in [0.05, 0.1) is 6.61 Å². The molecule has 0 fully saturated rings. The highest BCUT2D eigenvalue weighted by Crippen LogP contribution is 2.09. The fourth-order valence-corrected chi connectivity index (χ4v) is 1.60. The maximum absolute atomic E-state index is 11.6. The number of ether oxygens (including phenoxy) is 1. The van der Waals surface area contributed by atoms with Gasteiger partial charge in [0.25, 0.3) is 0 Å². The molecule has 0 amide bonds. The summed E-state index contributed by atoms with van der Waals surface area (Å²) in [6.07, 6.45) is 0. The lowest BCUT2D eigenvalue weighted by molar-refractivity contribution is -0.614. The molecule has 0 aliphatic carbocycles. The van der Waals surface area contributed by atoms with Crippen LogP contribution < -0.4 is 10.5 Å². The van der Waals surface area contributed by atoms with Crippen LogP contribution in [0.4, 0.5) is 0 Å². The van der Waals surface area contributed by atoms with E-state index in [-0.39, 0.29) is 0 Å². The lowest BCUT2D eigenvalue weighted by Gasteiger charge is -2.01. The number of nitrogen functional groups attached to an aromatic ring is 1. The fourth-order valence-electron chi connectivity index (χ4n) is 1.60. The monoisotopic (exact) mass is 217 g/mol. The molecule has 0 aliphatic rings. The van der Waals surface area contributed by atoms with Gasteiger partial charge in [0.15, 0.2) is 0 Å². The molecule has 2 aromatic rings. The van der Waals surface area contributed by atoms with Crippen LogP contribution in [0.1, 0.15) is 17.4 Å². The largest absolute Gasteiger partial charge is 0.458 e. The van der Waals surface area contributed by atoms with Crippen molar-refractivity contribution in [1.82, 2.24) is 0 Å². The molecule has 1 aromatic carbocycles. The average Bonchev–Trinajstić information content (AvgIpc) is 2.30. The SMILES string of the molecule is CCOC(=O)c1ccc2ccccc2[n+]1N. The predicted octanol–water partition coefficient (Wildman–Crippen LogP) is 1.02. The second-order valence-corrected chi connectivity index (χ2v) is 3.37. The van der Waals surface area contributed by atoms with Crippen molar-refractivity contribution < 1.29 is 14.2 Å². The van der Waals surface area contributed by atoms with Crippen LogP contribution in [0, 0.1) is 0 Å². The van der Waals surface area contributed by atoms with Crippen molar-refractivity contribution in [3.05, 3.63) is 42.1 Å². The number of para-hydroxylation sites is 1. The van der Waals surface area contributed by atoms with Gasteiger partial charge in [0.1, 0.15) is 0 Å². The van der Waals surface area contributed by atoms with Gasteiger partial charge in [0.2, 0.25) is 5.52 Å². The summed E-state index contributed by atoms with van der Waals surface area (Å²) in [5.41, 5.74) is 1.15. The topological polar surface area (TPSA) is 56.2 Å². The number of hydrogen-bond acceptors (Lipinski definition) is 3. The van der Waals surface area contributed by atoms with Gasteiger partial charge in [-0.05, 0) is 19.1 Å². The van der Waals surface area contributed by atoms with Crippen LogP contribution in [0.5, 0.6) is 0 Å². The number of carbonyl (C=O) groups is 1. The number of carbonyl (C=O) groups excluding carboxylic acids is 1. The number of esters is 1. The first-order valence-electron chi connectivity index (χ1n) is 5.10. The molecular formula is C12H13N2O2+. The van der Waals surface area contributed by atoms with E-state index in [1.54, 1.807) is 13.0 Å². The zero-order valence-corrected chi connectivity index (χ0v) is 9.01. The van der Waals surface area contributed by atoms with Gasteiger partial charge in [-0.25, -0.2) is 10.6 Å². The first kappa shape index (κ1) is 10.4. The van der Waals surface area contributed by atoms with Gasteiger partial charge in [-0.15, -0.1) is 0 Å². The molecule has 0 saturated heterocycles. The number of nitrogens with zero attached hydrogens (tertiary/aromatic N) is 1. The number of hydrogen-bond donors (Lipinski definition) is 1. The van der Waals surface area contributed by atoms with Crippen molar-refractivity contribution in [2.45, 2.75) is 6.92 Å². The first-order chi connectivity index (χ1) is 7.74. The predicted molar refractivity (Wildman–Crippen MR) is 60.2 cm³/mol. The Morgan fingerprint density at radius 3 is 2.81 bits per heavy atom. The smallest absolute Gasteiger partial charge is 0.406 e. The quantitative estimate of drug-likeness (QED) is 0.464. The third kappa shape index (κ3) is 1.69. The zero-order valence-electron chi connectivity index (χ0n) is 9.01. The Morgan fingerprint density at radius 2 is 2.06 bits per heavy atom. The van der Waals surface area contributed by atoms with Crippen LogP contribution in [-0.4, -0.2) is 12.6 Å². The molecule has 82 valence electrons. The van der Waals surface area contributed by atoms with Crippen LogP contribution in [0.3, 0.4) is 0 Å². The van der Waals surface area contributed by atoms with E-state index in [9.17, 15) is 4.79 Å². The molecule has 0 aliphatic heterocycles. The first-order valence-corrected chi connectivity index (χ1v) is 5.10. The van der Waals surface area contributed by atoms with Crippen molar-refractivity contribution >= 4 is 16.9 Å². The molecule has 0 saturated carbocycles. The lowest BCUT2D eigenvalue weighted by Crippen LogP contribution is -2.50. The number of nitrogens with two attached hydrogens (primary N) is 1. The van der Waals surface area contributed by atoms with Gasteiger partial charge in [-0.1, -0.05) is 16.8 Å². The minimum Gasteiger partial charge on any atom is -0.458 e. The van der Waals surface area contributed by atoms with Crippen molar-refractivity contribution in [3.8, 4) is 0 Å². The molecule has 1 heterocycles. The molecule has 16 heavy (non-hydrogen) atoms. The summed E-state index contributed by atoms with van der Waals surface area (Å²) in [7, 11) is 0.